The molecule has 0 radical (unpaired) electrons. The van der Waals surface area contributed by atoms with Crippen molar-refractivity contribution in [3.8, 4) is 17.2 Å². The normalized spacial score (nSPS) is 15.7. The van der Waals surface area contributed by atoms with Crippen molar-refractivity contribution in [2.24, 2.45) is 10.4 Å². The van der Waals surface area contributed by atoms with Gasteiger partial charge in [-0.2, -0.15) is 0 Å². The van der Waals surface area contributed by atoms with Crippen LogP contribution in [-0.4, -0.2) is 53.6 Å². The highest BCUT2D eigenvalue weighted by atomic mass is 16.5. The number of hydrogen-bond acceptors (Lipinski definition) is 5. The Balaban J connectivity index is 2.10. The second-order valence-electron chi connectivity index (χ2n) is 7.72. The van der Waals surface area contributed by atoms with E-state index in [-0.39, 0.29) is 0 Å². The summed E-state index contributed by atoms with van der Waals surface area (Å²) in [5, 5.41) is 6.94. The topological polar surface area (TPSA) is 73.3 Å². The summed E-state index contributed by atoms with van der Waals surface area (Å²) < 4.78 is 22.0. The van der Waals surface area contributed by atoms with Crippen LogP contribution in [0.5, 0.6) is 17.2 Å². The quantitative estimate of drug-likeness (QED) is 0.304. The molecule has 0 atom stereocenters. The lowest BCUT2D eigenvalue weighted by Crippen LogP contribution is -2.43. The fourth-order valence-electron chi connectivity index (χ4n) is 4.07. The van der Waals surface area contributed by atoms with Crippen LogP contribution in [0.1, 0.15) is 51.5 Å². The molecule has 2 rings (SSSR count). The molecule has 0 aromatic heterocycles. The summed E-state index contributed by atoms with van der Waals surface area (Å²) in [7, 11) is 4.90. The van der Waals surface area contributed by atoms with Crippen molar-refractivity contribution in [3.63, 3.8) is 0 Å². The molecule has 0 saturated heterocycles. The summed E-state index contributed by atoms with van der Waals surface area (Å²) in [6.45, 7) is 7.93. The standard InChI is InChI=1S/C23H39N3O4/c1-6-24-22(26-17-23(10-8-9-11-23)12-13-30-7-2)25-16-18-14-20(28-4)21(29-5)15-19(18)27-3/h14-15H,6-13,16-17H2,1-5H3,(H2,24,25,26). The fourth-order valence-corrected chi connectivity index (χ4v) is 4.07. The van der Waals surface area contributed by atoms with Crippen molar-refractivity contribution >= 4 is 5.96 Å². The highest BCUT2D eigenvalue weighted by molar-refractivity contribution is 5.79. The zero-order chi connectivity index (χ0) is 21.8. The highest BCUT2D eigenvalue weighted by Crippen LogP contribution is 2.40. The molecule has 1 aromatic carbocycles. The molecule has 1 saturated carbocycles. The van der Waals surface area contributed by atoms with Gasteiger partial charge in [-0.25, -0.2) is 4.99 Å². The Bertz CT molecular complexity index is 673. The van der Waals surface area contributed by atoms with E-state index in [1.807, 2.05) is 12.1 Å². The molecule has 1 aromatic rings. The number of rotatable bonds is 12. The van der Waals surface area contributed by atoms with E-state index in [0.29, 0.717) is 23.5 Å². The molecule has 0 heterocycles. The number of methoxy groups -OCH3 is 3. The molecule has 0 amide bonds. The molecular weight excluding hydrogens is 382 g/mol. The van der Waals surface area contributed by atoms with Crippen LogP contribution in [0.4, 0.5) is 0 Å². The van der Waals surface area contributed by atoms with Crippen LogP contribution < -0.4 is 24.8 Å². The van der Waals surface area contributed by atoms with Gasteiger partial charge in [0.05, 0.1) is 27.9 Å². The molecular formula is C23H39N3O4. The minimum absolute atomic E-state index is 0.298. The molecule has 1 aliphatic rings. The van der Waals surface area contributed by atoms with E-state index in [9.17, 15) is 0 Å². The number of hydrogen-bond donors (Lipinski definition) is 2. The summed E-state index contributed by atoms with van der Waals surface area (Å²) in [4.78, 5) is 4.80. The summed E-state index contributed by atoms with van der Waals surface area (Å²) in [5.74, 6) is 2.86. The Morgan fingerprint density at radius 2 is 1.63 bits per heavy atom. The van der Waals surface area contributed by atoms with Crippen molar-refractivity contribution in [2.45, 2.75) is 52.5 Å². The van der Waals surface area contributed by atoms with E-state index >= 15 is 0 Å². The number of ether oxygens (including phenoxy) is 4. The van der Waals surface area contributed by atoms with Gasteiger partial charge in [-0.1, -0.05) is 12.8 Å². The molecule has 2 N–H and O–H groups in total. The minimum Gasteiger partial charge on any atom is -0.496 e. The first-order valence-corrected chi connectivity index (χ1v) is 11.0. The van der Waals surface area contributed by atoms with E-state index < -0.39 is 0 Å². The first-order chi connectivity index (χ1) is 14.6. The Hall–Kier alpha value is -2.15. The van der Waals surface area contributed by atoms with Crippen molar-refractivity contribution < 1.29 is 18.9 Å². The third-order valence-electron chi connectivity index (χ3n) is 5.81. The van der Waals surface area contributed by atoms with Gasteiger partial charge in [0, 0.05) is 37.9 Å². The predicted octanol–water partition coefficient (Wildman–Crippen LogP) is 3.75. The molecule has 1 aliphatic carbocycles. The SMILES string of the molecule is CCNC(=NCc1cc(OC)c(OC)cc1OC)NCC1(CCOCC)CCCC1. The van der Waals surface area contributed by atoms with Crippen LogP contribution in [0.2, 0.25) is 0 Å². The molecule has 30 heavy (non-hydrogen) atoms. The average Bonchev–Trinajstić information content (AvgIpc) is 3.24. The molecule has 170 valence electrons. The van der Waals surface area contributed by atoms with Gasteiger partial charge in [0.2, 0.25) is 0 Å². The summed E-state index contributed by atoms with van der Waals surface area (Å²) in [6.07, 6.45) is 6.18. The van der Waals surface area contributed by atoms with E-state index in [0.717, 1.165) is 50.0 Å². The molecule has 0 bridgehead atoms. The lowest BCUT2D eigenvalue weighted by atomic mass is 9.83. The highest BCUT2D eigenvalue weighted by Gasteiger charge is 2.33. The van der Waals surface area contributed by atoms with Crippen LogP contribution in [0, 0.1) is 5.41 Å². The number of guanidine groups is 1. The monoisotopic (exact) mass is 421 g/mol. The number of nitrogens with zero attached hydrogens (tertiary/aromatic N) is 1. The molecule has 0 spiro atoms. The van der Waals surface area contributed by atoms with Gasteiger partial charge in [0.15, 0.2) is 17.5 Å². The Labute approximate surface area is 181 Å². The van der Waals surface area contributed by atoms with E-state index in [1.165, 1.54) is 25.7 Å². The van der Waals surface area contributed by atoms with Gasteiger partial charge in [-0.15, -0.1) is 0 Å². The number of aliphatic imine (C=N–C) groups is 1. The Kier molecular flexibility index (Phi) is 10.1. The van der Waals surface area contributed by atoms with Gasteiger partial charge in [-0.05, 0) is 44.6 Å². The lowest BCUT2D eigenvalue weighted by molar-refractivity contribution is 0.105. The smallest absolute Gasteiger partial charge is 0.191 e. The maximum Gasteiger partial charge on any atom is 0.191 e. The van der Waals surface area contributed by atoms with Gasteiger partial charge in [0.25, 0.3) is 0 Å². The second kappa shape index (κ2) is 12.5. The third kappa shape index (κ3) is 6.69. The first-order valence-electron chi connectivity index (χ1n) is 11.0. The van der Waals surface area contributed by atoms with Gasteiger partial charge >= 0.3 is 0 Å². The van der Waals surface area contributed by atoms with Crippen LogP contribution in [0.15, 0.2) is 17.1 Å². The first kappa shape index (κ1) is 24.1. The van der Waals surface area contributed by atoms with E-state index in [2.05, 4.69) is 24.5 Å². The number of benzene rings is 1. The summed E-state index contributed by atoms with van der Waals surface area (Å²) >= 11 is 0. The van der Waals surface area contributed by atoms with Crippen LogP contribution in [0.25, 0.3) is 0 Å². The van der Waals surface area contributed by atoms with Crippen molar-refractivity contribution in [1.29, 1.82) is 0 Å². The van der Waals surface area contributed by atoms with Crippen molar-refractivity contribution in [1.82, 2.24) is 10.6 Å². The van der Waals surface area contributed by atoms with Crippen molar-refractivity contribution in [2.75, 3.05) is 47.6 Å². The second-order valence-corrected chi connectivity index (χ2v) is 7.72. The lowest BCUT2D eigenvalue weighted by Gasteiger charge is -2.30. The van der Waals surface area contributed by atoms with E-state index in [1.54, 1.807) is 21.3 Å². The predicted molar refractivity (Wildman–Crippen MR) is 121 cm³/mol. The Morgan fingerprint density at radius 3 is 2.23 bits per heavy atom. The van der Waals surface area contributed by atoms with Gasteiger partial charge < -0.3 is 29.6 Å². The van der Waals surface area contributed by atoms with Gasteiger partial charge in [-0.3, -0.25) is 0 Å². The average molecular weight is 422 g/mol. The maximum atomic E-state index is 5.64. The molecule has 1 fully saturated rings. The van der Waals surface area contributed by atoms with E-state index in [4.69, 9.17) is 23.9 Å². The van der Waals surface area contributed by atoms with Crippen LogP contribution in [-0.2, 0) is 11.3 Å². The molecule has 0 aliphatic heterocycles. The molecule has 7 heteroatoms. The van der Waals surface area contributed by atoms with Crippen LogP contribution in [0.3, 0.4) is 0 Å². The Morgan fingerprint density at radius 1 is 0.967 bits per heavy atom. The van der Waals surface area contributed by atoms with Crippen molar-refractivity contribution in [3.05, 3.63) is 17.7 Å². The summed E-state index contributed by atoms with van der Waals surface area (Å²) in [6, 6.07) is 3.76. The zero-order valence-electron chi connectivity index (χ0n) is 19.3. The largest absolute Gasteiger partial charge is 0.496 e. The molecule has 0 unspecified atom stereocenters. The number of nitrogens with one attached hydrogen (secondary N) is 2. The zero-order valence-corrected chi connectivity index (χ0v) is 19.3. The van der Waals surface area contributed by atoms with Gasteiger partial charge in [0.1, 0.15) is 5.75 Å². The van der Waals surface area contributed by atoms with Crippen LogP contribution >= 0.6 is 0 Å². The minimum atomic E-state index is 0.298. The third-order valence-corrected chi connectivity index (χ3v) is 5.81. The maximum absolute atomic E-state index is 5.64. The summed E-state index contributed by atoms with van der Waals surface area (Å²) in [5.41, 5.74) is 1.24. The molecule has 7 nitrogen and oxygen atoms in total. The fraction of sp³-hybridized carbons (Fsp3) is 0.696.